The molecule has 2 aromatic rings. The first kappa shape index (κ1) is 33.7. The van der Waals surface area contributed by atoms with Crippen molar-refractivity contribution in [3.63, 3.8) is 0 Å². The highest BCUT2D eigenvalue weighted by Gasteiger charge is 2.52. The van der Waals surface area contributed by atoms with Crippen LogP contribution in [-0.4, -0.2) is 60.4 Å². The number of hydrogen-bond donors (Lipinski definition) is 0. The Balaban J connectivity index is 2.15. The average Bonchev–Trinajstić information content (AvgIpc) is 2.99. The lowest BCUT2D eigenvalue weighted by molar-refractivity contribution is -0.220. The second-order valence-corrected chi connectivity index (χ2v) is 16.3. The third-order valence-corrected chi connectivity index (χ3v) is 13.1. The summed E-state index contributed by atoms with van der Waals surface area (Å²) in [6, 6.07) is 21.4. The molecule has 2 aromatic carbocycles. The molecule has 1 aliphatic rings. The zero-order valence-electron chi connectivity index (χ0n) is 25.6. The zero-order chi connectivity index (χ0) is 29.9. The van der Waals surface area contributed by atoms with E-state index in [1.165, 1.54) is 10.4 Å². The molecule has 41 heavy (non-hydrogen) atoms. The molecule has 0 bridgehead atoms. The quantitative estimate of drug-likeness (QED) is 0.175. The van der Waals surface area contributed by atoms with Crippen molar-refractivity contribution in [2.45, 2.75) is 82.7 Å². The van der Waals surface area contributed by atoms with E-state index in [1.807, 2.05) is 11.1 Å². The van der Waals surface area contributed by atoms with Crippen LogP contribution in [0.15, 0.2) is 95.5 Å². The van der Waals surface area contributed by atoms with Gasteiger partial charge in [-0.15, -0.1) is 0 Å². The lowest BCUT2D eigenvalue weighted by Gasteiger charge is -2.47. The summed E-state index contributed by atoms with van der Waals surface area (Å²) in [4.78, 5) is 1.86. The summed E-state index contributed by atoms with van der Waals surface area (Å²) < 4.78 is 31.4. The highest BCUT2D eigenvalue weighted by molar-refractivity contribution is 9.11. The van der Waals surface area contributed by atoms with Gasteiger partial charge in [-0.2, -0.15) is 0 Å². The topological polar surface area (TPSA) is 46.2 Å². The van der Waals surface area contributed by atoms with E-state index in [4.69, 9.17) is 23.4 Å². The number of hydrogen-bond acceptors (Lipinski definition) is 5. The number of benzene rings is 2. The van der Waals surface area contributed by atoms with Crippen LogP contribution in [-0.2, 0) is 23.4 Å². The Morgan fingerprint density at radius 3 is 2.07 bits per heavy atom. The van der Waals surface area contributed by atoms with Crippen molar-refractivity contribution in [2.24, 2.45) is 0 Å². The van der Waals surface area contributed by atoms with Crippen molar-refractivity contribution >= 4 is 34.6 Å². The summed E-state index contributed by atoms with van der Waals surface area (Å²) >= 11 is 3.35. The van der Waals surface area contributed by atoms with Gasteiger partial charge in [-0.05, 0) is 33.7 Å². The third kappa shape index (κ3) is 8.83. The van der Waals surface area contributed by atoms with Crippen molar-refractivity contribution in [1.29, 1.82) is 0 Å². The van der Waals surface area contributed by atoms with E-state index < -0.39 is 8.32 Å². The van der Waals surface area contributed by atoms with Gasteiger partial charge in [0, 0.05) is 34.2 Å². The zero-order valence-corrected chi connectivity index (χ0v) is 28.2. The van der Waals surface area contributed by atoms with Crippen molar-refractivity contribution in [3.8, 4) is 0 Å². The minimum Gasteiger partial charge on any atom is -0.398 e. The van der Waals surface area contributed by atoms with Crippen molar-refractivity contribution in [3.05, 3.63) is 95.5 Å². The lowest BCUT2D eigenvalue weighted by atomic mass is 9.99. The molecule has 1 fully saturated rings. The SMILES string of the molecule is CO[C@H]1C[C@H](OC)O[C@@H]([C@@H](/C=C(C)/C=C/[C@@H](C/C=C/Br)OC)O[Si](c2ccccc2)(c2ccccc2)C(C)(C)C)C1. The monoisotopic (exact) mass is 642 g/mol. The van der Waals surface area contributed by atoms with Crippen LogP contribution in [0, 0.1) is 0 Å². The molecule has 0 aromatic heterocycles. The fourth-order valence-corrected chi connectivity index (χ4v) is 10.4. The van der Waals surface area contributed by atoms with Crippen LogP contribution in [0.3, 0.4) is 0 Å². The highest BCUT2D eigenvalue weighted by Crippen LogP contribution is 2.39. The Kier molecular flexibility index (Phi) is 13.2. The van der Waals surface area contributed by atoms with Crippen molar-refractivity contribution in [2.75, 3.05) is 21.3 Å². The summed E-state index contributed by atoms with van der Waals surface area (Å²) in [5.41, 5.74) is 1.08. The van der Waals surface area contributed by atoms with Gasteiger partial charge in [-0.1, -0.05) is 127 Å². The summed E-state index contributed by atoms with van der Waals surface area (Å²) in [5.74, 6) is 0. The van der Waals surface area contributed by atoms with Gasteiger partial charge in [-0.25, -0.2) is 0 Å². The fourth-order valence-electron chi connectivity index (χ4n) is 5.56. The fraction of sp³-hybridized carbons (Fsp3) is 0.471. The Morgan fingerprint density at radius 1 is 0.976 bits per heavy atom. The molecule has 1 heterocycles. The van der Waals surface area contributed by atoms with Crippen LogP contribution in [0.25, 0.3) is 0 Å². The van der Waals surface area contributed by atoms with Crippen LogP contribution >= 0.6 is 15.9 Å². The van der Waals surface area contributed by atoms with E-state index in [-0.39, 0.29) is 35.7 Å². The molecule has 0 aliphatic carbocycles. The van der Waals surface area contributed by atoms with Crippen LogP contribution in [0.4, 0.5) is 0 Å². The Labute approximate surface area is 256 Å². The summed E-state index contributed by atoms with van der Waals surface area (Å²) in [7, 11) is 2.31. The second-order valence-electron chi connectivity index (χ2n) is 11.6. The van der Waals surface area contributed by atoms with Crippen molar-refractivity contribution < 1.29 is 23.4 Å². The van der Waals surface area contributed by atoms with Gasteiger partial charge >= 0.3 is 0 Å². The number of ether oxygens (including phenoxy) is 4. The highest BCUT2D eigenvalue weighted by atomic mass is 79.9. The minimum atomic E-state index is -2.87. The van der Waals surface area contributed by atoms with Crippen LogP contribution in [0.5, 0.6) is 0 Å². The maximum atomic E-state index is 7.61. The second kappa shape index (κ2) is 16.1. The van der Waals surface area contributed by atoms with E-state index in [1.54, 1.807) is 21.3 Å². The minimum absolute atomic E-state index is 0.0158. The molecular weight excluding hydrogens is 596 g/mol. The standard InChI is InChI=1S/C34H47BrO5Si/c1-26(20-21-27(36-5)15-14-22-35)23-32(31-24-28(37-6)25-33(38-7)39-31)40-41(34(2,3)4,29-16-10-8-11-17-29)30-18-12-9-13-19-30/h8-14,16-23,27-28,31-33H,15,24-25H2,1-7H3/b21-20+,22-14+,26-23+/t27-,28-,31-,32-,33-/m1/s1. The summed E-state index contributed by atoms with van der Waals surface area (Å²) in [6.07, 6.45) is 9.68. The van der Waals surface area contributed by atoms with Gasteiger partial charge in [0.05, 0.1) is 24.4 Å². The molecule has 1 aliphatic heterocycles. The third-order valence-electron chi connectivity index (χ3n) is 7.73. The molecule has 0 spiro atoms. The number of methoxy groups -OCH3 is 3. The van der Waals surface area contributed by atoms with E-state index in [2.05, 4.69) is 123 Å². The number of halogens is 1. The molecule has 0 amide bonds. The first-order valence-electron chi connectivity index (χ1n) is 14.3. The summed E-state index contributed by atoms with van der Waals surface area (Å²) in [6.45, 7) is 9.00. The van der Waals surface area contributed by atoms with Crippen LogP contribution in [0.1, 0.15) is 47.0 Å². The van der Waals surface area contributed by atoms with Gasteiger partial charge in [0.1, 0.15) is 0 Å². The molecule has 0 unspecified atom stereocenters. The molecule has 5 atom stereocenters. The van der Waals surface area contributed by atoms with Gasteiger partial charge in [-0.3, -0.25) is 0 Å². The molecule has 0 saturated carbocycles. The van der Waals surface area contributed by atoms with Crippen molar-refractivity contribution in [1.82, 2.24) is 0 Å². The molecule has 0 N–H and O–H groups in total. The van der Waals surface area contributed by atoms with E-state index in [0.29, 0.717) is 12.8 Å². The smallest absolute Gasteiger partial charge is 0.262 e. The molecule has 224 valence electrons. The molecule has 7 heteroatoms. The first-order valence-corrected chi connectivity index (χ1v) is 17.2. The van der Waals surface area contributed by atoms with Gasteiger partial charge < -0.3 is 23.4 Å². The van der Waals surface area contributed by atoms with E-state index in [0.717, 1.165) is 12.0 Å². The predicted molar refractivity (Wildman–Crippen MR) is 175 cm³/mol. The van der Waals surface area contributed by atoms with Crippen LogP contribution in [0.2, 0.25) is 5.04 Å². The maximum absolute atomic E-state index is 7.61. The molecule has 3 rings (SSSR count). The Morgan fingerprint density at radius 2 is 1.59 bits per heavy atom. The molecule has 0 radical (unpaired) electrons. The van der Waals surface area contributed by atoms with E-state index in [9.17, 15) is 0 Å². The maximum Gasteiger partial charge on any atom is 0.262 e. The van der Waals surface area contributed by atoms with Crippen LogP contribution < -0.4 is 10.4 Å². The molecule has 5 nitrogen and oxygen atoms in total. The first-order chi connectivity index (χ1) is 19.7. The number of rotatable bonds is 13. The lowest BCUT2D eigenvalue weighted by Crippen LogP contribution is -2.68. The van der Waals surface area contributed by atoms with Gasteiger partial charge in [0.25, 0.3) is 8.32 Å². The average molecular weight is 644 g/mol. The van der Waals surface area contributed by atoms with Gasteiger partial charge in [0.15, 0.2) is 6.29 Å². The van der Waals surface area contributed by atoms with Gasteiger partial charge in [0.2, 0.25) is 0 Å². The summed E-state index contributed by atoms with van der Waals surface area (Å²) in [5, 5.41) is 2.28. The normalized spacial score (nSPS) is 22.3. The molecular formula is C34H47BrO5Si. The largest absolute Gasteiger partial charge is 0.398 e. The Hall–Kier alpha value is -1.84. The number of allylic oxidation sites excluding steroid dienone is 2. The van der Waals surface area contributed by atoms with E-state index >= 15 is 0 Å². The predicted octanol–water partition coefficient (Wildman–Crippen LogP) is 6.91. The molecule has 1 saturated heterocycles. The Bertz CT molecular complexity index is 1080.